The largest absolute Gasteiger partial charge is 0.493 e. The first-order valence-corrected chi connectivity index (χ1v) is 11.3. The summed E-state index contributed by atoms with van der Waals surface area (Å²) in [6.07, 6.45) is 3.36. The number of hydrogen-bond acceptors (Lipinski definition) is 8. The molecule has 5 N–H and O–H groups in total. The molecule has 0 bridgehead atoms. The second-order valence-electron chi connectivity index (χ2n) is 8.14. The Bertz CT molecular complexity index is 1660. The third-order valence-corrected chi connectivity index (χ3v) is 5.84. The lowest BCUT2D eigenvalue weighted by Gasteiger charge is -2.13. The average Bonchev–Trinajstić information content (AvgIpc) is 2.88. The molecule has 0 unspecified atom stereocenters. The van der Waals surface area contributed by atoms with Crippen molar-refractivity contribution in [2.75, 3.05) is 25.7 Å². The number of carbonyl (C=O) groups is 1. The molecule has 196 valence electrons. The number of carboxylic acids is 1. The highest BCUT2D eigenvalue weighted by molar-refractivity contribution is 5.92. The summed E-state index contributed by atoms with van der Waals surface area (Å²) in [6, 6.07) is 8.74. The van der Waals surface area contributed by atoms with Gasteiger partial charge < -0.3 is 30.6 Å². The molecule has 0 aliphatic carbocycles. The monoisotopic (exact) mass is 535 g/mol. The van der Waals surface area contributed by atoms with Crippen LogP contribution in [0.15, 0.2) is 47.5 Å². The van der Waals surface area contributed by atoms with Gasteiger partial charge in [-0.15, -0.1) is 12.4 Å². The van der Waals surface area contributed by atoms with Crippen molar-refractivity contribution in [1.82, 2.24) is 14.5 Å². The number of ether oxygens (including phenoxy) is 2. The molecule has 11 heteroatoms. The number of aryl methyl sites for hydroxylation is 1. The first-order valence-electron chi connectivity index (χ1n) is 11.3. The summed E-state index contributed by atoms with van der Waals surface area (Å²) in [5.74, 6) is 6.35. The van der Waals surface area contributed by atoms with Crippen LogP contribution in [0.25, 0.3) is 10.9 Å². The van der Waals surface area contributed by atoms with Gasteiger partial charge in [0, 0.05) is 41.9 Å². The second-order valence-corrected chi connectivity index (χ2v) is 8.14. The van der Waals surface area contributed by atoms with Gasteiger partial charge in [-0.05, 0) is 42.8 Å². The van der Waals surface area contributed by atoms with Crippen LogP contribution in [0, 0.1) is 11.8 Å². The molecule has 10 nitrogen and oxygen atoms in total. The maximum atomic E-state index is 12.6. The minimum absolute atomic E-state index is 0. The van der Waals surface area contributed by atoms with Crippen LogP contribution >= 0.6 is 12.4 Å². The fourth-order valence-electron chi connectivity index (χ4n) is 4.03. The van der Waals surface area contributed by atoms with Gasteiger partial charge in [-0.25, -0.2) is 9.78 Å². The fraction of sp³-hybridized carbons (Fsp3) is 0.185. The number of benzene rings is 2. The Morgan fingerprint density at radius 2 is 1.89 bits per heavy atom. The average molecular weight is 536 g/mol. The van der Waals surface area contributed by atoms with Crippen molar-refractivity contribution >= 4 is 41.0 Å². The zero-order valence-electron chi connectivity index (χ0n) is 20.9. The molecular formula is C27H26ClN5O5. The van der Waals surface area contributed by atoms with Crippen LogP contribution in [0.2, 0.25) is 0 Å². The van der Waals surface area contributed by atoms with Crippen molar-refractivity contribution in [3.8, 4) is 23.3 Å². The predicted molar refractivity (Wildman–Crippen MR) is 147 cm³/mol. The van der Waals surface area contributed by atoms with E-state index < -0.39 is 11.4 Å². The minimum Gasteiger partial charge on any atom is -0.493 e. The molecule has 0 spiro atoms. The number of pyridine rings is 1. The van der Waals surface area contributed by atoms with Gasteiger partial charge in [0.05, 0.1) is 25.3 Å². The first kappa shape index (κ1) is 27.8. The molecule has 0 radical (unpaired) electrons. The van der Waals surface area contributed by atoms with Gasteiger partial charge in [0.25, 0.3) is 0 Å². The summed E-state index contributed by atoms with van der Waals surface area (Å²) < 4.78 is 12.8. The number of nitrogen functional groups attached to an aromatic ring is 2. The molecule has 0 saturated heterocycles. The molecule has 0 aliphatic rings. The standard InChI is InChI=1S/C27H25N5O5.ClH/c1-4-32-14-20(26(34)35)23(33)19-8-6-15(11-21(19)32)5-7-17-9-16(12-22(36-2)24(17)37-3)10-18-13-30-27(29)31-25(18)28;/h6,8-9,11-14H,4,10H2,1-3H3,(H,34,35)(H4,28,29,30,31);1H. The molecule has 0 saturated carbocycles. The zero-order valence-corrected chi connectivity index (χ0v) is 21.8. The highest BCUT2D eigenvalue weighted by Crippen LogP contribution is 2.33. The lowest BCUT2D eigenvalue weighted by Crippen LogP contribution is -2.18. The van der Waals surface area contributed by atoms with E-state index in [-0.39, 0.29) is 23.9 Å². The molecule has 0 fully saturated rings. The van der Waals surface area contributed by atoms with Crippen molar-refractivity contribution in [2.45, 2.75) is 19.9 Å². The SMILES string of the molecule is CCn1cc(C(=O)O)c(=O)c2ccc(C#Cc3cc(Cc4cnc(N)nc4N)cc(OC)c3OC)cc21.Cl. The van der Waals surface area contributed by atoms with Crippen molar-refractivity contribution < 1.29 is 19.4 Å². The Kier molecular flexibility index (Phi) is 8.45. The van der Waals surface area contributed by atoms with Crippen molar-refractivity contribution in [3.63, 3.8) is 0 Å². The van der Waals surface area contributed by atoms with Gasteiger partial charge >= 0.3 is 5.97 Å². The number of nitrogens with zero attached hydrogens (tertiary/aromatic N) is 3. The van der Waals surface area contributed by atoms with Gasteiger partial charge in [-0.1, -0.05) is 11.8 Å². The number of nitrogens with two attached hydrogens (primary N) is 2. The molecule has 2 aromatic carbocycles. The Balaban J connectivity index is 0.00000400. The van der Waals surface area contributed by atoms with Gasteiger partial charge in [0.2, 0.25) is 11.4 Å². The van der Waals surface area contributed by atoms with Crippen LogP contribution in [0.5, 0.6) is 11.5 Å². The number of hydrogen-bond donors (Lipinski definition) is 3. The Labute approximate surface area is 224 Å². The van der Waals surface area contributed by atoms with Gasteiger partial charge in [0.15, 0.2) is 11.5 Å². The molecule has 0 amide bonds. The van der Waals surface area contributed by atoms with Gasteiger partial charge in [0.1, 0.15) is 11.4 Å². The molecule has 2 aromatic heterocycles. The van der Waals surface area contributed by atoms with E-state index in [0.717, 1.165) is 5.56 Å². The summed E-state index contributed by atoms with van der Waals surface area (Å²) in [5, 5.41) is 9.68. The van der Waals surface area contributed by atoms with E-state index in [9.17, 15) is 14.7 Å². The van der Waals surface area contributed by atoms with Gasteiger partial charge in [-0.3, -0.25) is 4.79 Å². The minimum atomic E-state index is -1.26. The Morgan fingerprint density at radius 1 is 1.13 bits per heavy atom. The van der Waals surface area contributed by atoms with Crippen LogP contribution in [0.1, 0.15) is 39.5 Å². The summed E-state index contributed by atoms with van der Waals surface area (Å²) >= 11 is 0. The van der Waals surface area contributed by atoms with Crippen molar-refractivity contribution in [2.24, 2.45) is 0 Å². The molecule has 0 atom stereocenters. The maximum absolute atomic E-state index is 12.6. The predicted octanol–water partition coefficient (Wildman–Crippen LogP) is 3.10. The lowest BCUT2D eigenvalue weighted by atomic mass is 10.0. The molecular weight excluding hydrogens is 510 g/mol. The number of fused-ring (bicyclic) bond motifs is 1. The third-order valence-electron chi connectivity index (χ3n) is 5.84. The third kappa shape index (κ3) is 5.48. The first-order chi connectivity index (χ1) is 17.7. The topological polar surface area (TPSA) is 156 Å². The van der Waals surface area contributed by atoms with E-state index in [1.165, 1.54) is 20.4 Å². The number of aromatic nitrogens is 3. The summed E-state index contributed by atoms with van der Waals surface area (Å²) in [6.45, 7) is 2.36. The number of carboxylic acid groups (broad SMARTS) is 1. The summed E-state index contributed by atoms with van der Waals surface area (Å²) in [4.78, 5) is 32.1. The van der Waals surface area contributed by atoms with E-state index >= 15 is 0 Å². The van der Waals surface area contributed by atoms with Crippen LogP contribution in [0.4, 0.5) is 11.8 Å². The van der Waals surface area contributed by atoms with Crippen molar-refractivity contribution in [3.05, 3.63) is 80.8 Å². The Morgan fingerprint density at radius 3 is 2.53 bits per heavy atom. The molecule has 38 heavy (non-hydrogen) atoms. The number of methoxy groups -OCH3 is 2. The molecule has 0 aliphatic heterocycles. The van der Waals surface area contributed by atoms with E-state index in [4.69, 9.17) is 20.9 Å². The number of aromatic carboxylic acids is 1. The van der Waals surface area contributed by atoms with E-state index in [1.54, 1.807) is 29.0 Å². The number of halogens is 1. The van der Waals surface area contributed by atoms with Crippen molar-refractivity contribution in [1.29, 1.82) is 0 Å². The maximum Gasteiger partial charge on any atom is 0.341 e. The highest BCUT2D eigenvalue weighted by Gasteiger charge is 2.15. The van der Waals surface area contributed by atoms with Crippen LogP contribution in [-0.2, 0) is 13.0 Å². The molecule has 4 aromatic rings. The summed E-state index contributed by atoms with van der Waals surface area (Å²) in [5.41, 5.74) is 14.2. The molecule has 4 rings (SSSR count). The van der Waals surface area contributed by atoms with E-state index in [0.29, 0.717) is 57.9 Å². The second kappa shape index (κ2) is 11.5. The van der Waals surface area contributed by atoms with Crippen LogP contribution in [0.3, 0.4) is 0 Å². The van der Waals surface area contributed by atoms with Crippen LogP contribution in [-0.4, -0.2) is 39.8 Å². The van der Waals surface area contributed by atoms with Crippen LogP contribution < -0.4 is 26.4 Å². The lowest BCUT2D eigenvalue weighted by molar-refractivity contribution is 0.0695. The number of anilines is 2. The number of rotatable bonds is 6. The normalized spacial score (nSPS) is 10.3. The smallest absolute Gasteiger partial charge is 0.341 e. The Hall–Kier alpha value is -4.75. The fourth-order valence-corrected chi connectivity index (χ4v) is 4.03. The quantitative estimate of drug-likeness (QED) is 0.316. The zero-order chi connectivity index (χ0) is 26.7. The highest BCUT2D eigenvalue weighted by atomic mass is 35.5. The van der Waals surface area contributed by atoms with E-state index in [1.807, 2.05) is 19.1 Å². The van der Waals surface area contributed by atoms with E-state index in [2.05, 4.69) is 21.8 Å². The molecule has 2 heterocycles. The van der Waals surface area contributed by atoms with Gasteiger partial charge in [-0.2, -0.15) is 4.98 Å². The summed E-state index contributed by atoms with van der Waals surface area (Å²) in [7, 11) is 3.07.